The van der Waals surface area contributed by atoms with Gasteiger partial charge in [-0.1, -0.05) is 60.7 Å². The van der Waals surface area contributed by atoms with Crippen LogP contribution in [0.3, 0.4) is 0 Å². The molecule has 4 aromatic rings. The minimum absolute atomic E-state index is 0.0682. The van der Waals surface area contributed by atoms with Crippen LogP contribution in [0.1, 0.15) is 75.4 Å². The highest BCUT2D eigenvalue weighted by molar-refractivity contribution is 7.92. The molecule has 4 rings (SSSR count). The van der Waals surface area contributed by atoms with E-state index in [0.717, 1.165) is 21.8 Å². The first-order valence-electron chi connectivity index (χ1n) is 15.1. The molecule has 12 heteroatoms. The van der Waals surface area contributed by atoms with E-state index in [9.17, 15) is 23.1 Å². The Morgan fingerprint density at radius 3 is 2.09 bits per heavy atom. The Balaban J connectivity index is 1.58. The second-order valence-electron chi connectivity index (χ2n) is 11.2. The Bertz CT molecular complexity index is 1710. The number of hydrogen-bond donors (Lipinski definition) is 5. The third kappa shape index (κ3) is 9.95. The van der Waals surface area contributed by atoms with Gasteiger partial charge < -0.3 is 21.1 Å². The van der Waals surface area contributed by atoms with Gasteiger partial charge >= 0.3 is 0 Å². The molecule has 1 aromatic heterocycles. The van der Waals surface area contributed by atoms with E-state index in [0.29, 0.717) is 6.42 Å². The molecule has 1 heterocycles. The summed E-state index contributed by atoms with van der Waals surface area (Å²) in [6, 6.07) is 21.9. The molecule has 0 saturated carbocycles. The van der Waals surface area contributed by atoms with Crippen LogP contribution >= 0.6 is 11.3 Å². The second-order valence-corrected chi connectivity index (χ2v) is 14.1. The number of hydrogen-bond acceptors (Lipinski definition) is 8. The smallest absolute Gasteiger partial charge is 0.251 e. The quantitative estimate of drug-likeness (QED) is 0.123. The summed E-state index contributed by atoms with van der Waals surface area (Å²) in [6.45, 7) is 7.40. The summed E-state index contributed by atoms with van der Waals surface area (Å²) >= 11 is 1.53. The molecule has 46 heavy (non-hydrogen) atoms. The van der Waals surface area contributed by atoms with Gasteiger partial charge in [-0.05, 0) is 63.4 Å². The number of carbonyl (C=O) groups excluding carboxylic acids is 2. The van der Waals surface area contributed by atoms with Crippen LogP contribution in [0.4, 0.5) is 5.69 Å². The Morgan fingerprint density at radius 1 is 0.891 bits per heavy atom. The van der Waals surface area contributed by atoms with Crippen molar-refractivity contribution in [3.8, 4) is 0 Å². The van der Waals surface area contributed by atoms with E-state index in [4.69, 9.17) is 0 Å². The van der Waals surface area contributed by atoms with Gasteiger partial charge in [-0.15, -0.1) is 11.3 Å². The van der Waals surface area contributed by atoms with Gasteiger partial charge in [-0.3, -0.25) is 14.3 Å². The maximum absolute atomic E-state index is 13.8. The molecule has 0 fully saturated rings. The fourth-order valence-corrected chi connectivity index (χ4v) is 6.26. The number of anilines is 1. The monoisotopic (exact) mass is 663 g/mol. The van der Waals surface area contributed by atoms with Gasteiger partial charge in [0.1, 0.15) is 5.01 Å². The molecule has 0 aliphatic rings. The number of carbonyl (C=O) groups is 2. The lowest BCUT2D eigenvalue weighted by molar-refractivity contribution is 0.0825. The average molecular weight is 664 g/mol. The van der Waals surface area contributed by atoms with E-state index in [2.05, 4.69) is 25.7 Å². The Kier molecular flexibility index (Phi) is 12.1. The largest absolute Gasteiger partial charge is 0.390 e. The Hall–Kier alpha value is -4.10. The summed E-state index contributed by atoms with van der Waals surface area (Å²) < 4.78 is 27.3. The maximum Gasteiger partial charge on any atom is 0.251 e. The molecule has 0 saturated heterocycles. The Morgan fingerprint density at radius 2 is 1.50 bits per heavy atom. The molecule has 0 bridgehead atoms. The summed E-state index contributed by atoms with van der Waals surface area (Å²) in [7, 11) is -3.70. The highest BCUT2D eigenvalue weighted by Gasteiger charge is 2.25. The van der Waals surface area contributed by atoms with Crippen molar-refractivity contribution in [1.82, 2.24) is 20.9 Å². The highest BCUT2D eigenvalue weighted by atomic mass is 32.2. The van der Waals surface area contributed by atoms with Crippen molar-refractivity contribution < 1.29 is 23.1 Å². The van der Waals surface area contributed by atoms with Gasteiger partial charge in [0.2, 0.25) is 10.0 Å². The number of aliphatic hydroxyl groups excluding tert-OH is 1. The van der Waals surface area contributed by atoms with Gasteiger partial charge in [0.15, 0.2) is 0 Å². The fraction of sp³-hybridized carbons (Fsp3) is 0.324. The highest BCUT2D eigenvalue weighted by Crippen LogP contribution is 2.21. The summed E-state index contributed by atoms with van der Waals surface area (Å²) in [5, 5.41) is 23.3. The summed E-state index contributed by atoms with van der Waals surface area (Å²) in [6.07, 6.45) is -0.645. The maximum atomic E-state index is 13.8. The summed E-state index contributed by atoms with van der Waals surface area (Å²) in [5.74, 6) is -1.22. The lowest BCUT2D eigenvalue weighted by atomic mass is 9.99. The zero-order chi connectivity index (χ0) is 33.3. The number of aryl methyl sites for hydroxylation is 1. The molecule has 244 valence electrons. The van der Waals surface area contributed by atoms with E-state index in [1.54, 1.807) is 0 Å². The lowest BCUT2D eigenvalue weighted by Gasteiger charge is -2.26. The number of thiazole rings is 1. The van der Waals surface area contributed by atoms with E-state index < -0.39 is 34.0 Å². The van der Waals surface area contributed by atoms with Crippen molar-refractivity contribution in [2.75, 3.05) is 17.0 Å². The zero-order valence-corrected chi connectivity index (χ0v) is 28.0. The molecule has 0 spiro atoms. The number of aromatic nitrogens is 1. The average Bonchev–Trinajstić information content (AvgIpc) is 3.49. The third-order valence-corrected chi connectivity index (χ3v) is 9.93. The SMILES string of the molecule is CCS(=O)(=O)Nc1cc(C(=O)N[C@@H](Cc2ccccc2)[C@H](O)CN[C@@H](C)c2nc(C)cs2)cc(C(=O)N[C@H](C)c2ccccc2)c1. The number of amides is 2. The number of nitrogens with zero attached hydrogens (tertiary/aromatic N) is 1. The van der Waals surface area contributed by atoms with Crippen LogP contribution in [0.25, 0.3) is 0 Å². The lowest BCUT2D eigenvalue weighted by Crippen LogP contribution is -2.49. The van der Waals surface area contributed by atoms with Crippen LogP contribution in [0.2, 0.25) is 0 Å². The van der Waals surface area contributed by atoms with Crippen molar-refractivity contribution in [3.05, 3.63) is 117 Å². The first kappa shape index (κ1) is 34.8. The third-order valence-electron chi connectivity index (χ3n) is 7.48. The van der Waals surface area contributed by atoms with Gasteiger partial charge in [0.25, 0.3) is 11.8 Å². The number of aliphatic hydroxyl groups is 1. The first-order valence-corrected chi connectivity index (χ1v) is 17.7. The number of benzene rings is 3. The molecular formula is C34H41N5O5S2. The van der Waals surface area contributed by atoms with Gasteiger partial charge in [0.05, 0.1) is 35.7 Å². The number of nitrogens with one attached hydrogen (secondary N) is 4. The minimum atomic E-state index is -3.70. The molecule has 10 nitrogen and oxygen atoms in total. The van der Waals surface area contributed by atoms with Crippen LogP contribution in [-0.4, -0.2) is 54.8 Å². The van der Waals surface area contributed by atoms with Crippen molar-refractivity contribution >= 4 is 38.9 Å². The summed E-state index contributed by atoms with van der Waals surface area (Å²) in [5.41, 5.74) is 2.99. The van der Waals surface area contributed by atoms with Crippen LogP contribution < -0.4 is 20.7 Å². The molecule has 0 radical (unpaired) electrons. The molecule has 3 aromatic carbocycles. The van der Waals surface area contributed by atoms with E-state index in [-0.39, 0.29) is 41.2 Å². The van der Waals surface area contributed by atoms with Crippen LogP contribution in [0.5, 0.6) is 0 Å². The molecule has 5 N–H and O–H groups in total. The molecule has 0 aliphatic heterocycles. The van der Waals surface area contributed by atoms with Gasteiger partial charge in [0, 0.05) is 28.7 Å². The molecule has 0 unspecified atom stereocenters. The van der Waals surface area contributed by atoms with Crippen LogP contribution in [0.15, 0.2) is 84.2 Å². The van der Waals surface area contributed by atoms with Crippen molar-refractivity contribution in [2.24, 2.45) is 0 Å². The van der Waals surface area contributed by atoms with Crippen molar-refractivity contribution in [3.63, 3.8) is 0 Å². The van der Waals surface area contributed by atoms with E-state index >= 15 is 0 Å². The van der Waals surface area contributed by atoms with Gasteiger partial charge in [-0.2, -0.15) is 0 Å². The van der Waals surface area contributed by atoms with Crippen molar-refractivity contribution in [2.45, 2.75) is 58.3 Å². The molecule has 0 aliphatic carbocycles. The second kappa shape index (κ2) is 15.9. The predicted molar refractivity (Wildman–Crippen MR) is 183 cm³/mol. The standard InChI is InChI=1S/C34H41N5O5S2/c1-5-46(43,44)39-29-18-27(32(41)37-23(3)26-14-10-7-11-15-26)17-28(19-29)33(42)38-30(16-25-12-8-6-9-13-25)31(40)20-35-24(4)34-36-22(2)21-45-34/h6-15,17-19,21,23-24,30-31,35,39-40H,5,16,20H2,1-4H3,(H,37,41)(H,38,42)/t23-,24+,30+,31-/m1/s1. The minimum Gasteiger partial charge on any atom is -0.390 e. The molecule has 2 amide bonds. The Labute approximate surface area is 274 Å². The topological polar surface area (TPSA) is 150 Å². The number of rotatable bonds is 15. The van der Waals surface area contributed by atoms with Crippen LogP contribution in [-0.2, 0) is 16.4 Å². The first-order chi connectivity index (χ1) is 21.9. The van der Waals surface area contributed by atoms with E-state index in [1.165, 1.54) is 36.5 Å². The predicted octanol–water partition coefficient (Wildman–Crippen LogP) is 4.76. The molecule has 4 atom stereocenters. The normalized spacial score (nSPS) is 14.1. The van der Waals surface area contributed by atoms with Crippen molar-refractivity contribution in [1.29, 1.82) is 0 Å². The van der Waals surface area contributed by atoms with E-state index in [1.807, 2.05) is 86.8 Å². The summed E-state index contributed by atoms with van der Waals surface area (Å²) in [4.78, 5) is 31.6. The van der Waals surface area contributed by atoms with Crippen LogP contribution in [0, 0.1) is 6.92 Å². The molecular weight excluding hydrogens is 623 g/mol. The fourth-order valence-electron chi connectivity index (χ4n) is 4.81. The zero-order valence-electron chi connectivity index (χ0n) is 26.4. The number of sulfonamides is 1. The van der Waals surface area contributed by atoms with Gasteiger partial charge in [-0.25, -0.2) is 13.4 Å².